The highest BCUT2D eigenvalue weighted by molar-refractivity contribution is 5.95. The second kappa shape index (κ2) is 3.45. The predicted octanol–water partition coefficient (Wildman–Crippen LogP) is 1.36. The van der Waals surface area contributed by atoms with Crippen molar-refractivity contribution in [3.8, 4) is 11.5 Å². The van der Waals surface area contributed by atoms with Gasteiger partial charge in [0.05, 0.1) is 0 Å². The molecule has 72 valence electrons. The highest BCUT2D eigenvalue weighted by Crippen LogP contribution is 2.30. The third-order valence-electron chi connectivity index (χ3n) is 1.87. The molecule has 0 spiro atoms. The van der Waals surface area contributed by atoms with Gasteiger partial charge in [-0.3, -0.25) is 4.79 Å². The lowest BCUT2D eigenvalue weighted by molar-refractivity contribution is 0.0999. The number of benzene rings is 1. The van der Waals surface area contributed by atoms with Crippen LogP contribution in [-0.4, -0.2) is 19.1 Å². The fourth-order valence-corrected chi connectivity index (χ4v) is 1.23. The largest absolute Gasteiger partial charge is 0.486 e. The van der Waals surface area contributed by atoms with Gasteiger partial charge in [0.15, 0.2) is 11.5 Å². The van der Waals surface area contributed by atoms with Crippen LogP contribution in [0.2, 0.25) is 0 Å². The molecule has 0 radical (unpaired) electrons. The summed E-state index contributed by atoms with van der Waals surface area (Å²) in [6.07, 6.45) is 0. The molecule has 5 heteroatoms. The van der Waals surface area contributed by atoms with Crippen molar-refractivity contribution in [1.82, 2.24) is 0 Å². The Morgan fingerprint density at radius 3 is 2.64 bits per heavy atom. The van der Waals surface area contributed by atoms with E-state index in [4.69, 9.17) is 9.47 Å². The van der Waals surface area contributed by atoms with Crippen molar-refractivity contribution >= 4 is 5.91 Å². The minimum Gasteiger partial charge on any atom is -0.486 e. The summed E-state index contributed by atoms with van der Waals surface area (Å²) < 4.78 is 10.5. The summed E-state index contributed by atoms with van der Waals surface area (Å²) in [5, 5.41) is 2.32. The number of hydrogen-bond acceptors (Lipinski definition) is 4. The summed E-state index contributed by atoms with van der Waals surface area (Å²) in [6, 6.07) is 4.53. The first-order valence-electron chi connectivity index (χ1n) is 4.08. The Kier molecular flexibility index (Phi) is 2.14. The standard InChI is InChI=1S/C9H7NO4/c11-9(10-12)6-1-2-7-8(5-6)14-4-3-13-7/h1-2,5H,3-4H2. The highest BCUT2D eigenvalue weighted by Gasteiger charge is 2.14. The van der Waals surface area contributed by atoms with Crippen LogP contribution in [-0.2, 0) is 0 Å². The lowest BCUT2D eigenvalue weighted by atomic mass is 10.2. The number of carbonyl (C=O) groups is 1. The molecule has 0 unspecified atom stereocenters. The molecule has 0 aliphatic carbocycles. The molecule has 0 N–H and O–H groups in total. The zero-order valence-corrected chi connectivity index (χ0v) is 7.23. The lowest BCUT2D eigenvalue weighted by Crippen LogP contribution is -2.15. The van der Waals surface area contributed by atoms with Crippen LogP contribution in [0.5, 0.6) is 11.5 Å². The van der Waals surface area contributed by atoms with E-state index in [1.165, 1.54) is 12.1 Å². The van der Waals surface area contributed by atoms with Crippen molar-refractivity contribution in [3.63, 3.8) is 0 Å². The first-order valence-corrected chi connectivity index (χ1v) is 4.08. The summed E-state index contributed by atoms with van der Waals surface area (Å²) in [6.45, 7) is 0.936. The molecule has 2 rings (SSSR count). The smallest absolute Gasteiger partial charge is 0.316 e. The van der Waals surface area contributed by atoms with E-state index in [0.29, 0.717) is 24.7 Å². The molecule has 0 bridgehead atoms. The van der Waals surface area contributed by atoms with Crippen LogP contribution < -0.4 is 9.47 Å². The Bertz CT molecular complexity index is 388. The van der Waals surface area contributed by atoms with E-state index < -0.39 is 5.91 Å². The Balaban J connectivity index is 2.38. The average molecular weight is 193 g/mol. The number of amides is 1. The van der Waals surface area contributed by atoms with Crippen LogP contribution in [0.15, 0.2) is 23.4 Å². The van der Waals surface area contributed by atoms with Crippen LogP contribution in [0.3, 0.4) is 0 Å². The Morgan fingerprint density at radius 2 is 1.93 bits per heavy atom. The van der Waals surface area contributed by atoms with Crippen LogP contribution in [0.25, 0.3) is 0 Å². The van der Waals surface area contributed by atoms with Gasteiger partial charge in [-0.2, -0.15) is 0 Å². The number of nitrogens with zero attached hydrogens (tertiary/aromatic N) is 1. The fraction of sp³-hybridized carbons (Fsp3) is 0.222. The first kappa shape index (κ1) is 8.68. The van der Waals surface area contributed by atoms with E-state index in [2.05, 4.69) is 5.18 Å². The zero-order valence-electron chi connectivity index (χ0n) is 7.23. The van der Waals surface area contributed by atoms with Crippen molar-refractivity contribution < 1.29 is 14.3 Å². The second-order valence-electron chi connectivity index (χ2n) is 2.75. The van der Waals surface area contributed by atoms with Gasteiger partial charge < -0.3 is 9.47 Å². The third kappa shape index (κ3) is 1.44. The number of rotatable bonds is 1. The van der Waals surface area contributed by atoms with Crippen LogP contribution in [0.1, 0.15) is 10.4 Å². The molecule has 1 aromatic rings. The van der Waals surface area contributed by atoms with E-state index in [0.717, 1.165) is 0 Å². The molecule has 14 heavy (non-hydrogen) atoms. The monoisotopic (exact) mass is 193 g/mol. The Labute approximate surface area is 79.6 Å². The maximum absolute atomic E-state index is 10.9. The van der Waals surface area contributed by atoms with Crippen LogP contribution >= 0.6 is 0 Å². The van der Waals surface area contributed by atoms with Gasteiger partial charge >= 0.3 is 5.91 Å². The molecule has 1 heterocycles. The first-order chi connectivity index (χ1) is 6.81. The van der Waals surface area contributed by atoms with Crippen molar-refractivity contribution in [3.05, 3.63) is 28.7 Å². The molecule has 1 aliphatic heterocycles. The molecule has 1 amide bonds. The topological polar surface area (TPSA) is 65.0 Å². The molecule has 0 saturated carbocycles. The fourth-order valence-electron chi connectivity index (χ4n) is 1.23. The minimum atomic E-state index is -0.804. The average Bonchev–Trinajstić information content (AvgIpc) is 2.27. The molecular weight excluding hydrogens is 186 g/mol. The molecule has 5 nitrogen and oxygen atoms in total. The molecule has 0 atom stereocenters. The predicted molar refractivity (Wildman–Crippen MR) is 47.6 cm³/mol. The maximum atomic E-state index is 10.9. The quantitative estimate of drug-likeness (QED) is 0.631. The number of carbonyl (C=O) groups excluding carboxylic acids is 1. The minimum absolute atomic E-state index is 0.212. The van der Waals surface area contributed by atoms with Crippen molar-refractivity contribution in [2.75, 3.05) is 13.2 Å². The van der Waals surface area contributed by atoms with Crippen LogP contribution in [0.4, 0.5) is 0 Å². The van der Waals surface area contributed by atoms with Crippen molar-refractivity contribution in [2.24, 2.45) is 5.18 Å². The molecule has 0 aromatic heterocycles. The van der Waals surface area contributed by atoms with Gasteiger partial charge in [-0.25, -0.2) is 0 Å². The summed E-state index contributed by atoms with van der Waals surface area (Å²) >= 11 is 0. The Hall–Kier alpha value is -1.91. The summed E-state index contributed by atoms with van der Waals surface area (Å²) in [5.74, 6) is 0.256. The highest BCUT2D eigenvalue weighted by atomic mass is 16.6. The van der Waals surface area contributed by atoms with Gasteiger partial charge in [-0.05, 0) is 18.2 Å². The maximum Gasteiger partial charge on any atom is 0.316 e. The summed E-state index contributed by atoms with van der Waals surface area (Å²) in [4.78, 5) is 20.9. The molecule has 1 aliphatic rings. The van der Waals surface area contributed by atoms with E-state index in [-0.39, 0.29) is 5.56 Å². The normalized spacial score (nSPS) is 13.4. The Morgan fingerprint density at radius 1 is 1.21 bits per heavy atom. The SMILES string of the molecule is O=NC(=O)c1ccc2c(c1)OCCO2. The molecule has 0 fully saturated rings. The van der Waals surface area contributed by atoms with Gasteiger partial charge in [0.1, 0.15) is 13.2 Å². The zero-order chi connectivity index (χ0) is 9.97. The van der Waals surface area contributed by atoms with Crippen molar-refractivity contribution in [2.45, 2.75) is 0 Å². The van der Waals surface area contributed by atoms with E-state index in [1.54, 1.807) is 6.07 Å². The van der Waals surface area contributed by atoms with Crippen LogP contribution in [0, 0.1) is 4.91 Å². The number of fused-ring (bicyclic) bond motifs is 1. The number of ether oxygens (including phenoxy) is 2. The second-order valence-corrected chi connectivity index (χ2v) is 2.75. The summed E-state index contributed by atoms with van der Waals surface area (Å²) in [7, 11) is 0. The molecule has 0 saturated heterocycles. The van der Waals surface area contributed by atoms with Gasteiger partial charge in [0.2, 0.25) is 0 Å². The molecular formula is C9H7NO4. The van der Waals surface area contributed by atoms with Crippen molar-refractivity contribution in [1.29, 1.82) is 0 Å². The number of hydrogen-bond donors (Lipinski definition) is 0. The van der Waals surface area contributed by atoms with Gasteiger partial charge in [-0.15, -0.1) is 4.91 Å². The van der Waals surface area contributed by atoms with E-state index in [9.17, 15) is 9.70 Å². The lowest BCUT2D eigenvalue weighted by Gasteiger charge is -2.18. The summed E-state index contributed by atoms with van der Waals surface area (Å²) in [5.41, 5.74) is 0.212. The van der Waals surface area contributed by atoms with Gasteiger partial charge in [0.25, 0.3) is 0 Å². The molecule has 1 aromatic carbocycles. The van der Waals surface area contributed by atoms with Gasteiger partial charge in [-0.1, -0.05) is 0 Å². The number of nitroso groups, excluding NO2 is 1. The third-order valence-corrected chi connectivity index (χ3v) is 1.87. The van der Waals surface area contributed by atoms with E-state index in [1.807, 2.05) is 0 Å². The van der Waals surface area contributed by atoms with E-state index >= 15 is 0 Å². The van der Waals surface area contributed by atoms with Gasteiger partial charge in [0, 0.05) is 10.7 Å².